The van der Waals surface area contributed by atoms with Crippen LogP contribution in [0.4, 0.5) is 27.8 Å². The summed E-state index contributed by atoms with van der Waals surface area (Å²) in [5, 5.41) is 3.10. The van der Waals surface area contributed by atoms with Gasteiger partial charge in [-0.1, -0.05) is 6.92 Å². The monoisotopic (exact) mass is 406 g/mol. The molecule has 3 aliphatic heterocycles. The summed E-state index contributed by atoms with van der Waals surface area (Å²) >= 11 is 0. The topological polar surface area (TPSA) is 64.6 Å². The van der Waals surface area contributed by atoms with Gasteiger partial charge in [0.15, 0.2) is 5.82 Å². The van der Waals surface area contributed by atoms with Gasteiger partial charge in [-0.15, -0.1) is 0 Å². The van der Waals surface area contributed by atoms with Gasteiger partial charge in [0.05, 0.1) is 11.7 Å². The lowest BCUT2D eigenvalue weighted by Crippen LogP contribution is -2.48. The van der Waals surface area contributed by atoms with E-state index in [1.165, 1.54) is 12.8 Å². The van der Waals surface area contributed by atoms with Crippen molar-refractivity contribution < 1.29 is 4.79 Å². The van der Waals surface area contributed by atoms with Crippen LogP contribution >= 0.6 is 0 Å². The molecule has 0 radical (unpaired) electrons. The predicted molar refractivity (Wildman–Crippen MR) is 121 cm³/mol. The van der Waals surface area contributed by atoms with Crippen LogP contribution < -0.4 is 20.0 Å². The van der Waals surface area contributed by atoms with Crippen LogP contribution in [-0.2, 0) is 0 Å². The molecule has 7 heteroatoms. The maximum Gasteiger partial charge on any atom is 0.327 e. The van der Waals surface area contributed by atoms with Crippen LogP contribution in [0.15, 0.2) is 24.3 Å². The number of rotatable bonds is 2. The molecule has 0 aliphatic carbocycles. The van der Waals surface area contributed by atoms with Crippen LogP contribution in [-0.4, -0.2) is 48.2 Å². The van der Waals surface area contributed by atoms with E-state index in [0.717, 1.165) is 67.0 Å². The molecule has 3 aliphatic rings. The summed E-state index contributed by atoms with van der Waals surface area (Å²) in [6, 6.07) is 8.15. The lowest BCUT2D eigenvalue weighted by molar-refractivity contribution is 0.255. The van der Waals surface area contributed by atoms with E-state index in [2.05, 4.69) is 39.2 Å². The third kappa shape index (κ3) is 3.46. The highest BCUT2D eigenvalue weighted by molar-refractivity contribution is 6.04. The number of hydrogen-bond acceptors (Lipinski definition) is 5. The molecule has 2 amide bonds. The summed E-state index contributed by atoms with van der Waals surface area (Å²) < 4.78 is 0. The second-order valence-corrected chi connectivity index (χ2v) is 9.03. The smallest absolute Gasteiger partial charge is 0.327 e. The van der Waals surface area contributed by atoms with Crippen LogP contribution in [0, 0.1) is 19.8 Å². The van der Waals surface area contributed by atoms with Gasteiger partial charge < -0.3 is 15.1 Å². The van der Waals surface area contributed by atoms with Crippen LogP contribution in [0.5, 0.6) is 0 Å². The summed E-state index contributed by atoms with van der Waals surface area (Å²) in [5.74, 6) is 2.45. The summed E-state index contributed by atoms with van der Waals surface area (Å²) in [6.07, 6.45) is 3.43. The molecule has 2 aromatic rings. The van der Waals surface area contributed by atoms with Gasteiger partial charge in [-0.2, -0.15) is 0 Å². The second-order valence-electron chi connectivity index (χ2n) is 9.03. The number of pyridine rings is 2. The van der Waals surface area contributed by atoms with Gasteiger partial charge in [-0.25, -0.2) is 9.78 Å². The third-order valence-corrected chi connectivity index (χ3v) is 6.47. The molecule has 2 bridgehead atoms. The minimum atomic E-state index is -0.107. The number of amides is 2. The molecule has 7 nitrogen and oxygen atoms in total. The predicted octanol–water partition coefficient (Wildman–Crippen LogP) is 3.96. The van der Waals surface area contributed by atoms with Gasteiger partial charge in [0.1, 0.15) is 5.82 Å². The molecule has 0 spiro atoms. The number of nitrogens with zero attached hydrogens (tertiary/aromatic N) is 5. The Morgan fingerprint density at radius 1 is 1.03 bits per heavy atom. The fraction of sp³-hybridized carbons (Fsp3) is 0.522. The summed E-state index contributed by atoms with van der Waals surface area (Å²) in [7, 11) is 0. The SMILES string of the molecule is Cc1cc(NC(=O)N2c3nc(N4CCCC(C)C4)ccc3N3CC[C@H]2C3)cc(C)n1. The average molecular weight is 407 g/mol. The highest BCUT2D eigenvalue weighted by Crippen LogP contribution is 2.40. The normalized spacial score (nSPS) is 22.8. The Hall–Kier alpha value is -2.83. The zero-order valence-electron chi connectivity index (χ0n) is 18.1. The number of urea groups is 1. The Bertz CT molecular complexity index is 956. The van der Waals surface area contributed by atoms with Crippen molar-refractivity contribution in [2.45, 2.75) is 46.1 Å². The maximum atomic E-state index is 13.4. The molecule has 0 saturated carbocycles. The van der Waals surface area contributed by atoms with Gasteiger partial charge in [-0.05, 0) is 63.3 Å². The molecular formula is C23H30N6O. The van der Waals surface area contributed by atoms with Crippen molar-refractivity contribution in [1.82, 2.24) is 9.97 Å². The largest absolute Gasteiger partial charge is 0.366 e. The molecule has 5 rings (SSSR count). The summed E-state index contributed by atoms with van der Waals surface area (Å²) in [4.78, 5) is 29.5. The van der Waals surface area contributed by atoms with E-state index in [-0.39, 0.29) is 12.1 Å². The molecule has 2 saturated heterocycles. The molecule has 0 aromatic carbocycles. The molecule has 1 N–H and O–H groups in total. The standard InChI is InChI=1S/C23H30N6O/c1-15-5-4-9-28(13-15)21-7-6-20-22(26-21)29(19-8-10-27(20)14-19)23(30)25-18-11-16(2)24-17(3)12-18/h6-7,11-12,15,19H,4-5,8-10,13-14H2,1-3H3,(H,24,25,30)/t15?,19-/m0/s1. The first-order valence-electron chi connectivity index (χ1n) is 11.0. The number of anilines is 4. The Morgan fingerprint density at radius 2 is 1.83 bits per heavy atom. The second kappa shape index (κ2) is 7.45. The van der Waals surface area contributed by atoms with E-state index < -0.39 is 0 Å². The first kappa shape index (κ1) is 19.2. The van der Waals surface area contributed by atoms with Gasteiger partial charge in [0.25, 0.3) is 0 Å². The minimum Gasteiger partial charge on any atom is -0.366 e. The Labute approximate surface area is 178 Å². The van der Waals surface area contributed by atoms with Crippen LogP contribution in [0.3, 0.4) is 0 Å². The van der Waals surface area contributed by atoms with Crippen molar-refractivity contribution in [2.24, 2.45) is 5.92 Å². The molecule has 2 atom stereocenters. The number of nitrogens with one attached hydrogen (secondary N) is 1. The van der Waals surface area contributed by atoms with Crippen molar-refractivity contribution in [3.8, 4) is 0 Å². The van der Waals surface area contributed by atoms with Gasteiger partial charge in [-0.3, -0.25) is 9.88 Å². The number of hydrogen-bond donors (Lipinski definition) is 1. The van der Waals surface area contributed by atoms with E-state index in [9.17, 15) is 4.79 Å². The number of aryl methyl sites for hydroxylation is 2. The number of aromatic nitrogens is 2. The molecule has 30 heavy (non-hydrogen) atoms. The molecule has 5 heterocycles. The van der Waals surface area contributed by atoms with Crippen molar-refractivity contribution in [1.29, 1.82) is 0 Å². The van der Waals surface area contributed by atoms with Gasteiger partial charge in [0.2, 0.25) is 0 Å². The molecule has 2 aromatic heterocycles. The fourth-order valence-corrected chi connectivity index (χ4v) is 5.13. The van der Waals surface area contributed by atoms with Crippen LogP contribution in [0.1, 0.15) is 37.6 Å². The third-order valence-electron chi connectivity index (χ3n) is 6.47. The average Bonchev–Trinajstić information content (AvgIpc) is 3.11. The van der Waals surface area contributed by atoms with Gasteiger partial charge >= 0.3 is 6.03 Å². The number of carbonyl (C=O) groups excluding carboxylic acids is 1. The number of piperidine rings is 1. The zero-order valence-corrected chi connectivity index (χ0v) is 18.1. The fourth-order valence-electron chi connectivity index (χ4n) is 5.13. The number of carbonyl (C=O) groups is 1. The zero-order chi connectivity index (χ0) is 20.8. The highest BCUT2D eigenvalue weighted by atomic mass is 16.2. The molecule has 158 valence electrons. The summed E-state index contributed by atoms with van der Waals surface area (Å²) in [6.45, 7) is 10.1. The van der Waals surface area contributed by atoms with Gasteiger partial charge in [0, 0.05) is 43.3 Å². The Kier molecular flexibility index (Phi) is 4.76. The molecule has 1 unspecified atom stereocenters. The van der Waals surface area contributed by atoms with Crippen molar-refractivity contribution >= 4 is 29.0 Å². The first-order chi connectivity index (χ1) is 14.5. The van der Waals surface area contributed by atoms with E-state index in [1.807, 2.05) is 30.9 Å². The highest BCUT2D eigenvalue weighted by Gasteiger charge is 2.40. The van der Waals surface area contributed by atoms with Crippen molar-refractivity contribution in [3.05, 3.63) is 35.7 Å². The van der Waals surface area contributed by atoms with Crippen molar-refractivity contribution in [3.63, 3.8) is 0 Å². The van der Waals surface area contributed by atoms with E-state index in [4.69, 9.17) is 4.98 Å². The lowest BCUT2D eigenvalue weighted by atomic mass is 10.0. The quantitative estimate of drug-likeness (QED) is 0.818. The number of fused-ring (bicyclic) bond motifs is 4. The van der Waals surface area contributed by atoms with Crippen LogP contribution in [0.2, 0.25) is 0 Å². The lowest BCUT2D eigenvalue weighted by Gasteiger charge is -2.37. The Balaban J connectivity index is 1.47. The van der Waals surface area contributed by atoms with E-state index in [0.29, 0.717) is 5.92 Å². The van der Waals surface area contributed by atoms with Crippen LogP contribution in [0.25, 0.3) is 0 Å². The first-order valence-corrected chi connectivity index (χ1v) is 11.0. The Morgan fingerprint density at radius 3 is 2.60 bits per heavy atom. The molecule has 2 fully saturated rings. The molecular weight excluding hydrogens is 376 g/mol. The summed E-state index contributed by atoms with van der Waals surface area (Å²) in [5.41, 5.74) is 3.65. The van der Waals surface area contributed by atoms with Crippen molar-refractivity contribution in [2.75, 3.05) is 46.2 Å². The van der Waals surface area contributed by atoms with E-state index in [1.54, 1.807) is 0 Å². The van der Waals surface area contributed by atoms with E-state index >= 15 is 0 Å². The maximum absolute atomic E-state index is 13.4. The minimum absolute atomic E-state index is 0.107.